The minimum Gasteiger partial charge on any atom is -0.327 e. The van der Waals surface area contributed by atoms with E-state index in [9.17, 15) is 4.79 Å². The molecule has 1 fully saturated rings. The number of aromatic nitrogens is 1. The largest absolute Gasteiger partial charge is 0.327 e. The minimum atomic E-state index is -0.0758. The molecular weight excluding hydrogens is 250 g/mol. The van der Waals surface area contributed by atoms with Gasteiger partial charge in [-0.3, -0.25) is 9.78 Å². The molecule has 2 atom stereocenters. The van der Waals surface area contributed by atoms with Crippen molar-refractivity contribution in [3.8, 4) is 11.3 Å². The van der Waals surface area contributed by atoms with Gasteiger partial charge in [0.1, 0.15) is 0 Å². The Morgan fingerprint density at radius 2 is 2.15 bits per heavy atom. The highest BCUT2D eigenvalue weighted by Gasteiger charge is 2.34. The molecule has 2 aromatic rings. The van der Waals surface area contributed by atoms with E-state index in [-0.39, 0.29) is 5.91 Å². The number of carbonyl (C=O) groups excluding carboxylic acids is 1. The van der Waals surface area contributed by atoms with Crippen LogP contribution in [0.2, 0.25) is 0 Å². The molecule has 1 amide bonds. The summed E-state index contributed by atoms with van der Waals surface area (Å²) in [5.74, 6) is 0.399. The van der Waals surface area contributed by atoms with E-state index < -0.39 is 0 Å². The van der Waals surface area contributed by atoms with Gasteiger partial charge in [-0.1, -0.05) is 18.2 Å². The van der Waals surface area contributed by atoms with E-state index >= 15 is 0 Å². The molecule has 1 heterocycles. The second-order valence-corrected chi connectivity index (χ2v) is 5.24. The molecule has 0 unspecified atom stereocenters. The molecule has 0 bridgehead atoms. The van der Waals surface area contributed by atoms with E-state index in [1.165, 1.54) is 12.5 Å². The number of nitrogens with zero attached hydrogens (tertiary/aromatic N) is 1. The van der Waals surface area contributed by atoms with Crippen molar-refractivity contribution in [1.29, 1.82) is 0 Å². The van der Waals surface area contributed by atoms with E-state index in [0.717, 1.165) is 23.4 Å². The lowest BCUT2D eigenvalue weighted by Gasteiger charge is -2.06. The number of amides is 1. The highest BCUT2D eigenvalue weighted by molar-refractivity contribution is 5.89. The maximum absolute atomic E-state index is 11.1. The summed E-state index contributed by atoms with van der Waals surface area (Å²) in [6, 6.07) is 12.1. The molecule has 4 heteroatoms. The van der Waals surface area contributed by atoms with Gasteiger partial charge >= 0.3 is 0 Å². The van der Waals surface area contributed by atoms with Crippen LogP contribution in [0.5, 0.6) is 0 Å². The first-order valence-electron chi connectivity index (χ1n) is 6.73. The van der Waals surface area contributed by atoms with Crippen LogP contribution in [-0.2, 0) is 4.79 Å². The highest BCUT2D eigenvalue weighted by atomic mass is 16.1. The monoisotopic (exact) mass is 267 g/mol. The number of pyridine rings is 1. The Morgan fingerprint density at radius 3 is 2.75 bits per heavy atom. The second-order valence-electron chi connectivity index (χ2n) is 5.24. The molecule has 4 nitrogen and oxygen atoms in total. The van der Waals surface area contributed by atoms with Gasteiger partial charge in [0, 0.05) is 36.3 Å². The van der Waals surface area contributed by atoms with Crippen LogP contribution in [0.1, 0.15) is 24.8 Å². The predicted octanol–water partition coefficient (Wildman–Crippen LogP) is 2.52. The third kappa shape index (κ3) is 2.70. The third-order valence-corrected chi connectivity index (χ3v) is 3.53. The van der Waals surface area contributed by atoms with Gasteiger partial charge in [-0.05, 0) is 30.2 Å². The van der Waals surface area contributed by atoms with Crippen LogP contribution in [0.4, 0.5) is 5.69 Å². The first-order valence-corrected chi connectivity index (χ1v) is 6.73. The summed E-state index contributed by atoms with van der Waals surface area (Å²) in [4.78, 5) is 15.6. The van der Waals surface area contributed by atoms with Crippen molar-refractivity contribution in [2.75, 3.05) is 5.32 Å². The number of carbonyl (C=O) groups is 1. The lowest BCUT2D eigenvalue weighted by Crippen LogP contribution is -2.05. The first kappa shape index (κ1) is 12.8. The standard InChI is InChI=1S/C16H17N3O/c1-10(20)19-13-4-2-3-11(7-13)16-6-5-12(9-18-16)14-8-15(14)17/h2-7,9,14-15H,8,17H2,1H3,(H,19,20)/t14-,15+/m0/s1. The lowest BCUT2D eigenvalue weighted by molar-refractivity contribution is -0.114. The summed E-state index contributed by atoms with van der Waals surface area (Å²) >= 11 is 0. The summed E-state index contributed by atoms with van der Waals surface area (Å²) in [7, 11) is 0. The van der Waals surface area contributed by atoms with E-state index in [4.69, 9.17) is 5.73 Å². The number of hydrogen-bond acceptors (Lipinski definition) is 3. The molecule has 0 spiro atoms. The van der Waals surface area contributed by atoms with Gasteiger partial charge in [0.05, 0.1) is 5.69 Å². The maximum Gasteiger partial charge on any atom is 0.221 e. The molecule has 0 radical (unpaired) electrons. The quantitative estimate of drug-likeness (QED) is 0.898. The van der Waals surface area contributed by atoms with Crippen molar-refractivity contribution in [2.45, 2.75) is 25.3 Å². The van der Waals surface area contributed by atoms with Crippen LogP contribution in [0.15, 0.2) is 42.6 Å². The zero-order chi connectivity index (χ0) is 14.1. The Labute approximate surface area is 118 Å². The van der Waals surface area contributed by atoms with E-state index in [1.54, 1.807) is 0 Å². The number of nitrogens with two attached hydrogens (primary N) is 1. The maximum atomic E-state index is 11.1. The van der Waals surface area contributed by atoms with Crippen molar-refractivity contribution < 1.29 is 4.79 Å². The summed E-state index contributed by atoms with van der Waals surface area (Å²) < 4.78 is 0. The minimum absolute atomic E-state index is 0.0758. The Balaban J connectivity index is 1.83. The predicted molar refractivity (Wildman–Crippen MR) is 79.3 cm³/mol. The Bertz CT molecular complexity index is 636. The molecule has 1 saturated carbocycles. The zero-order valence-corrected chi connectivity index (χ0v) is 11.3. The van der Waals surface area contributed by atoms with E-state index in [0.29, 0.717) is 12.0 Å². The zero-order valence-electron chi connectivity index (χ0n) is 11.3. The summed E-state index contributed by atoms with van der Waals surface area (Å²) in [6.07, 6.45) is 2.96. The van der Waals surface area contributed by atoms with E-state index in [2.05, 4.69) is 16.4 Å². The molecule has 20 heavy (non-hydrogen) atoms. The van der Waals surface area contributed by atoms with Crippen LogP contribution in [0, 0.1) is 0 Å². The lowest BCUT2D eigenvalue weighted by atomic mass is 10.1. The van der Waals surface area contributed by atoms with Crippen LogP contribution in [0.25, 0.3) is 11.3 Å². The number of hydrogen-bond donors (Lipinski definition) is 2. The molecule has 1 aromatic carbocycles. The number of anilines is 1. The molecule has 1 aliphatic carbocycles. The molecule has 3 rings (SSSR count). The third-order valence-electron chi connectivity index (χ3n) is 3.53. The smallest absolute Gasteiger partial charge is 0.221 e. The number of nitrogens with one attached hydrogen (secondary N) is 1. The molecular formula is C16H17N3O. The van der Waals surface area contributed by atoms with Crippen molar-refractivity contribution in [1.82, 2.24) is 4.98 Å². The molecule has 102 valence electrons. The van der Waals surface area contributed by atoms with Crippen molar-refractivity contribution in [3.63, 3.8) is 0 Å². The fourth-order valence-electron chi connectivity index (χ4n) is 2.35. The van der Waals surface area contributed by atoms with Gasteiger partial charge < -0.3 is 11.1 Å². The number of rotatable bonds is 3. The molecule has 1 aromatic heterocycles. The number of benzene rings is 1. The Kier molecular flexibility index (Phi) is 3.24. The highest BCUT2D eigenvalue weighted by Crippen LogP contribution is 2.38. The van der Waals surface area contributed by atoms with Gasteiger partial charge in [-0.2, -0.15) is 0 Å². The van der Waals surface area contributed by atoms with Crippen molar-refractivity contribution in [3.05, 3.63) is 48.2 Å². The molecule has 0 saturated heterocycles. The van der Waals surface area contributed by atoms with Gasteiger partial charge in [-0.15, -0.1) is 0 Å². The SMILES string of the molecule is CC(=O)Nc1cccc(-c2ccc([C@@H]3C[C@H]3N)cn2)c1. The Hall–Kier alpha value is -2.20. The average Bonchev–Trinajstić information content (AvgIpc) is 3.16. The van der Waals surface area contributed by atoms with Crippen LogP contribution >= 0.6 is 0 Å². The fourth-order valence-corrected chi connectivity index (χ4v) is 2.35. The Morgan fingerprint density at radius 1 is 1.35 bits per heavy atom. The summed E-state index contributed by atoms with van der Waals surface area (Å²) in [5.41, 5.74) is 9.72. The van der Waals surface area contributed by atoms with Crippen molar-refractivity contribution >= 4 is 11.6 Å². The molecule has 3 N–H and O–H groups in total. The normalized spacial score (nSPS) is 20.5. The van der Waals surface area contributed by atoms with Gasteiger partial charge in [0.15, 0.2) is 0 Å². The van der Waals surface area contributed by atoms with Gasteiger partial charge in [0.25, 0.3) is 0 Å². The van der Waals surface area contributed by atoms with Crippen LogP contribution in [0.3, 0.4) is 0 Å². The van der Waals surface area contributed by atoms with Crippen molar-refractivity contribution in [2.24, 2.45) is 5.73 Å². The first-order chi connectivity index (χ1) is 9.63. The second kappa shape index (κ2) is 5.06. The van der Waals surface area contributed by atoms with Crippen LogP contribution < -0.4 is 11.1 Å². The van der Waals surface area contributed by atoms with Gasteiger partial charge in [-0.25, -0.2) is 0 Å². The molecule has 0 aliphatic heterocycles. The average molecular weight is 267 g/mol. The molecule has 1 aliphatic rings. The summed E-state index contributed by atoms with van der Waals surface area (Å²) in [5, 5.41) is 2.78. The van der Waals surface area contributed by atoms with Crippen LogP contribution in [-0.4, -0.2) is 16.9 Å². The topological polar surface area (TPSA) is 68.0 Å². The van der Waals surface area contributed by atoms with Gasteiger partial charge in [0.2, 0.25) is 5.91 Å². The van der Waals surface area contributed by atoms with E-state index in [1.807, 2.05) is 36.5 Å². The fraction of sp³-hybridized carbons (Fsp3) is 0.250. The summed E-state index contributed by atoms with van der Waals surface area (Å²) in [6.45, 7) is 1.50.